The Morgan fingerprint density at radius 3 is 1.68 bits per heavy atom. The van der Waals surface area contributed by atoms with Gasteiger partial charge in [-0.05, 0) is 0 Å². The Hall–Kier alpha value is -1.92. The van der Waals surface area contributed by atoms with E-state index in [9.17, 15) is 0 Å². The van der Waals surface area contributed by atoms with Crippen molar-refractivity contribution < 1.29 is 48.0 Å². The maximum atomic E-state index is 2.56. The Morgan fingerprint density at radius 2 is 1.11 bits per heavy atom. The van der Waals surface area contributed by atoms with Crippen LogP contribution in [0.1, 0.15) is 14.8 Å². The van der Waals surface area contributed by atoms with Crippen LogP contribution in [0, 0.1) is 0 Å². The van der Waals surface area contributed by atoms with Gasteiger partial charge in [0.15, 0.2) is 0 Å². The first-order chi connectivity index (χ1) is 17.7. The van der Waals surface area contributed by atoms with Crippen molar-refractivity contribution in [2.24, 2.45) is 0 Å². The van der Waals surface area contributed by atoms with Crippen LogP contribution in [0.15, 0.2) is 120 Å². The van der Waals surface area contributed by atoms with E-state index in [1.165, 1.54) is 38.7 Å². The maximum Gasteiger partial charge on any atom is -1.00 e. The minimum absolute atomic E-state index is 0. The molecule has 0 spiro atoms. The second-order valence-electron chi connectivity index (χ2n) is 9.73. The number of allylic oxidation sites excluding steroid dienone is 1. The van der Waals surface area contributed by atoms with Crippen molar-refractivity contribution in [3.63, 3.8) is 0 Å². The molecule has 0 saturated heterocycles. The molecule has 5 aromatic rings. The Bertz CT molecular complexity index is 1530. The summed E-state index contributed by atoms with van der Waals surface area (Å²) in [6.45, 7) is 5.02. The molecule has 0 amide bonds. The number of benzene rings is 4. The Kier molecular flexibility index (Phi) is 9.91. The van der Waals surface area contributed by atoms with E-state index in [0.717, 1.165) is 8.19 Å². The second-order valence-corrected chi connectivity index (χ2v) is 18.5. The van der Waals surface area contributed by atoms with Crippen LogP contribution in [0.2, 0.25) is 13.1 Å². The topological polar surface area (TPSA) is 0 Å². The number of hydrogen-bond donors (Lipinski definition) is 0. The molecule has 0 bridgehead atoms. The predicted molar refractivity (Wildman–Crippen MR) is 158 cm³/mol. The van der Waals surface area contributed by atoms with Crippen molar-refractivity contribution in [2.45, 2.75) is 16.7 Å². The molecule has 1 aliphatic rings. The van der Waals surface area contributed by atoms with Crippen molar-refractivity contribution in [1.29, 1.82) is 0 Å². The van der Waals surface area contributed by atoms with Gasteiger partial charge < -0.3 is 24.8 Å². The third kappa shape index (κ3) is 5.67. The first-order valence-corrected chi connectivity index (χ1v) is 19.2. The number of halogens is 2. The summed E-state index contributed by atoms with van der Waals surface area (Å²) in [6.07, 6.45) is 2.56. The summed E-state index contributed by atoms with van der Waals surface area (Å²) >= 11 is -0.960. The summed E-state index contributed by atoms with van der Waals surface area (Å²) in [4.78, 5) is 0. The van der Waals surface area contributed by atoms with Gasteiger partial charge in [-0.2, -0.15) is 0 Å². The molecule has 0 N–H and O–H groups in total. The summed E-state index contributed by atoms with van der Waals surface area (Å²) in [5.41, 5.74) is 10.2. The van der Waals surface area contributed by atoms with Crippen molar-refractivity contribution in [3.8, 4) is 33.1 Å². The van der Waals surface area contributed by atoms with E-state index in [2.05, 4.69) is 134 Å². The van der Waals surface area contributed by atoms with Gasteiger partial charge in [-0.1, -0.05) is 0 Å². The van der Waals surface area contributed by atoms with Crippen LogP contribution in [-0.2, 0) is 23.2 Å². The monoisotopic (exact) mass is 644 g/mol. The first kappa shape index (κ1) is 29.1. The van der Waals surface area contributed by atoms with Gasteiger partial charge in [0.1, 0.15) is 0 Å². The van der Waals surface area contributed by atoms with Crippen LogP contribution in [-0.4, -0.2) is 8.80 Å². The summed E-state index contributed by atoms with van der Waals surface area (Å²) in [5, 5.41) is 3.30. The molecule has 0 nitrogen and oxygen atoms in total. The van der Waals surface area contributed by atoms with E-state index in [4.69, 9.17) is 0 Å². The third-order valence-corrected chi connectivity index (χ3v) is 16.4. The Morgan fingerprint density at radius 1 is 0.605 bits per heavy atom. The molecule has 188 valence electrons. The normalized spacial score (nSPS) is 13.9. The molecule has 4 aromatic carbocycles. The van der Waals surface area contributed by atoms with E-state index in [-0.39, 0.29) is 24.8 Å². The van der Waals surface area contributed by atoms with E-state index < -0.39 is 32.0 Å². The van der Waals surface area contributed by atoms with Crippen LogP contribution in [0.3, 0.4) is 0 Å². The van der Waals surface area contributed by atoms with Crippen LogP contribution in [0.4, 0.5) is 0 Å². The molecule has 0 fully saturated rings. The largest absolute Gasteiger partial charge is 1.00 e. The summed E-state index contributed by atoms with van der Waals surface area (Å²) < 4.78 is 2.44. The molecule has 2 atom stereocenters. The molecule has 5 heteroatoms. The molecular weight excluding hydrogens is 618 g/mol. The minimum atomic E-state index is -0.960. The van der Waals surface area contributed by atoms with E-state index in [1.54, 1.807) is 13.8 Å². The van der Waals surface area contributed by atoms with Crippen molar-refractivity contribution in [2.75, 3.05) is 0 Å². The molecule has 1 aromatic heterocycles. The molecule has 1 heterocycles. The molecule has 1 aliphatic carbocycles. The van der Waals surface area contributed by atoms with E-state index in [1.807, 2.05) is 0 Å². The molecule has 0 radical (unpaired) electrons. The van der Waals surface area contributed by atoms with Gasteiger partial charge in [-0.3, -0.25) is 0 Å². The molecule has 2 unspecified atom stereocenters. The first-order valence-electron chi connectivity index (χ1n) is 12.7. The van der Waals surface area contributed by atoms with Gasteiger partial charge in [-0.25, -0.2) is 0 Å². The number of hydrogen-bond acceptors (Lipinski definition) is 0. The van der Waals surface area contributed by atoms with Gasteiger partial charge in [-0.15, -0.1) is 0 Å². The molecule has 0 saturated carbocycles. The van der Waals surface area contributed by atoms with Gasteiger partial charge >= 0.3 is 231 Å². The summed E-state index contributed by atoms with van der Waals surface area (Å²) in [5.74, 6) is 0. The van der Waals surface area contributed by atoms with Crippen LogP contribution >= 0.6 is 8.19 Å². The van der Waals surface area contributed by atoms with Gasteiger partial charge in [0.25, 0.3) is 0 Å². The average Bonchev–Trinajstić information content (AvgIpc) is 3.50. The van der Waals surface area contributed by atoms with Gasteiger partial charge in [0.05, 0.1) is 0 Å². The van der Waals surface area contributed by atoms with E-state index in [0.29, 0.717) is 3.63 Å². The van der Waals surface area contributed by atoms with Crippen molar-refractivity contribution in [1.82, 2.24) is 0 Å². The second kappa shape index (κ2) is 13.0. The Balaban J connectivity index is 0.00000168. The summed E-state index contributed by atoms with van der Waals surface area (Å²) in [7, 11) is -0.152. The SMILES string of the molecule is C[SiH](C)C1=Cc2ccccc2[CH]1[Zr+2][c]1[pH]c(-c2ccccc2)c(-c2ccccc2)c1-c1ccccc1.[Cl-].[Cl-]. The van der Waals surface area contributed by atoms with Crippen LogP contribution in [0.25, 0.3) is 39.2 Å². The molecule has 0 aliphatic heterocycles. The van der Waals surface area contributed by atoms with E-state index >= 15 is 0 Å². The van der Waals surface area contributed by atoms with Crippen molar-refractivity contribution >= 4 is 26.1 Å². The standard InChI is InChI=1S/C22H16P.C11H13Si.2ClH.Zr/c1-4-10-17(11-5-1)20-16-23-22(19-14-8-3-9-15-19)21(20)18-12-6-2-7-13-18;1-12(2)11-7-9-5-3-4-6-10(9)8-11;;;/h1-15,23H;3-8,12H,1-2H3;2*1H;/q;;;;+2/p-2. The minimum Gasteiger partial charge on any atom is -1.00 e. The predicted octanol–water partition coefficient (Wildman–Crippen LogP) is 2.60. The molecular formula is C33H29Cl2PSiZr. The maximum absolute atomic E-state index is 2.56. The van der Waals surface area contributed by atoms with Crippen LogP contribution < -0.4 is 27.8 Å². The zero-order valence-electron chi connectivity index (χ0n) is 21.5. The average molecular weight is 647 g/mol. The fraction of sp³-hybridized carbons (Fsp3) is 0.0909. The van der Waals surface area contributed by atoms with Crippen LogP contribution in [0.5, 0.6) is 0 Å². The molecule has 38 heavy (non-hydrogen) atoms. The fourth-order valence-electron chi connectivity index (χ4n) is 5.37. The quantitative estimate of drug-likeness (QED) is 0.249. The Labute approximate surface area is 253 Å². The number of fused-ring (bicyclic) bond motifs is 1. The van der Waals surface area contributed by atoms with Crippen molar-refractivity contribution in [3.05, 3.63) is 132 Å². The smallest absolute Gasteiger partial charge is 1.00 e. The summed E-state index contributed by atoms with van der Waals surface area (Å²) in [6, 6.07) is 42.6. The third-order valence-electron chi connectivity index (χ3n) is 7.11. The fourth-order valence-corrected chi connectivity index (χ4v) is 16.8. The van der Waals surface area contributed by atoms with Gasteiger partial charge in [0, 0.05) is 0 Å². The zero-order valence-corrected chi connectivity index (χ0v) is 27.6. The van der Waals surface area contributed by atoms with Gasteiger partial charge in [0.2, 0.25) is 0 Å². The zero-order chi connectivity index (χ0) is 24.5. The number of rotatable bonds is 6. The molecule has 6 rings (SSSR count).